The first kappa shape index (κ1) is 6.05. The molecule has 0 radical (unpaired) electrons. The maximum Gasteiger partial charge on any atom is 0.0884 e. The molecule has 0 bridgehead atoms. The second kappa shape index (κ2) is 2.46. The normalized spacial score (nSPS) is 35.8. The van der Waals surface area contributed by atoms with Crippen molar-refractivity contribution in [2.75, 3.05) is 0 Å². The highest BCUT2D eigenvalue weighted by Crippen LogP contribution is 2.12. The van der Waals surface area contributed by atoms with Gasteiger partial charge in [0.15, 0.2) is 0 Å². The summed E-state index contributed by atoms with van der Waals surface area (Å²) in [5, 5.41) is 8.99. The quantitative estimate of drug-likeness (QED) is 0.549. The minimum atomic E-state index is -0.347. The Balaban J connectivity index is 2.59. The highest BCUT2D eigenvalue weighted by molar-refractivity contribution is 9.09. The molecule has 0 aromatic carbocycles. The van der Waals surface area contributed by atoms with Crippen LogP contribution >= 0.6 is 15.9 Å². The van der Waals surface area contributed by atoms with Crippen molar-refractivity contribution in [1.82, 2.24) is 0 Å². The molecule has 0 amide bonds. The predicted octanol–water partition coefficient (Wildman–Crippen LogP) is 1.24. The molecule has 0 fully saturated rings. The summed E-state index contributed by atoms with van der Waals surface area (Å²) in [5.74, 6) is 0. The average Bonchev–Trinajstić information content (AvgIpc) is 1.77. The van der Waals surface area contributed by atoms with Gasteiger partial charge in [-0.3, -0.25) is 0 Å². The first-order valence-electron chi connectivity index (χ1n) is 2.48. The summed E-state index contributed by atoms with van der Waals surface area (Å²) in [6.45, 7) is 0. The van der Waals surface area contributed by atoms with E-state index in [0.29, 0.717) is 0 Å². The number of hydrogen-bond acceptors (Lipinski definition) is 1. The molecule has 1 N–H and O–H groups in total. The van der Waals surface area contributed by atoms with Crippen LogP contribution in [0.1, 0.15) is 0 Å². The van der Waals surface area contributed by atoms with E-state index >= 15 is 0 Å². The Morgan fingerprint density at radius 3 is 2.25 bits per heavy atom. The van der Waals surface area contributed by atoms with Crippen LogP contribution in [0.15, 0.2) is 24.3 Å². The first-order valence-corrected chi connectivity index (χ1v) is 3.39. The van der Waals surface area contributed by atoms with E-state index in [0.717, 1.165) is 0 Å². The van der Waals surface area contributed by atoms with Crippen LogP contribution in [-0.2, 0) is 0 Å². The van der Waals surface area contributed by atoms with Crippen LogP contribution in [0.2, 0.25) is 0 Å². The SMILES string of the molecule is OC1C=CC=CC1Br. The van der Waals surface area contributed by atoms with Crippen molar-refractivity contribution >= 4 is 15.9 Å². The smallest absolute Gasteiger partial charge is 0.0884 e. The maximum absolute atomic E-state index is 8.99. The Kier molecular flexibility index (Phi) is 1.86. The second-order valence-corrected chi connectivity index (χ2v) is 2.76. The fraction of sp³-hybridized carbons (Fsp3) is 0.333. The minimum Gasteiger partial charge on any atom is -0.388 e. The van der Waals surface area contributed by atoms with Crippen molar-refractivity contribution in [2.24, 2.45) is 0 Å². The number of aliphatic hydroxyl groups excluding tert-OH is 1. The van der Waals surface area contributed by atoms with E-state index in [9.17, 15) is 0 Å². The van der Waals surface area contributed by atoms with Crippen molar-refractivity contribution in [3.8, 4) is 0 Å². The van der Waals surface area contributed by atoms with Gasteiger partial charge in [-0.05, 0) is 0 Å². The zero-order valence-electron chi connectivity index (χ0n) is 4.29. The van der Waals surface area contributed by atoms with Gasteiger partial charge in [0.05, 0.1) is 10.9 Å². The molecule has 2 atom stereocenters. The number of hydrogen-bond donors (Lipinski definition) is 1. The summed E-state index contributed by atoms with van der Waals surface area (Å²) < 4.78 is 0. The van der Waals surface area contributed by atoms with Gasteiger partial charge in [0.2, 0.25) is 0 Å². The third kappa shape index (κ3) is 1.20. The predicted molar refractivity (Wildman–Crippen MR) is 37.0 cm³/mol. The molecule has 8 heavy (non-hydrogen) atoms. The molecule has 0 aromatic rings. The van der Waals surface area contributed by atoms with Gasteiger partial charge in [-0.1, -0.05) is 40.2 Å². The molecule has 1 aliphatic rings. The molecule has 1 aliphatic carbocycles. The van der Waals surface area contributed by atoms with Crippen LogP contribution in [0, 0.1) is 0 Å². The monoisotopic (exact) mass is 174 g/mol. The van der Waals surface area contributed by atoms with Crippen LogP contribution in [0.3, 0.4) is 0 Å². The van der Waals surface area contributed by atoms with Gasteiger partial charge in [-0.25, -0.2) is 0 Å². The fourth-order valence-corrected chi connectivity index (χ4v) is 0.921. The Hall–Kier alpha value is -0.0800. The lowest BCUT2D eigenvalue weighted by Gasteiger charge is -2.10. The van der Waals surface area contributed by atoms with Gasteiger partial charge < -0.3 is 5.11 Å². The number of alkyl halides is 1. The Morgan fingerprint density at radius 1 is 1.25 bits per heavy atom. The van der Waals surface area contributed by atoms with Gasteiger partial charge in [-0.15, -0.1) is 0 Å². The summed E-state index contributed by atoms with van der Waals surface area (Å²) in [4.78, 5) is 0.104. The molecule has 0 saturated carbocycles. The molecule has 0 aromatic heterocycles. The van der Waals surface area contributed by atoms with Crippen molar-refractivity contribution in [3.63, 3.8) is 0 Å². The number of allylic oxidation sites excluding steroid dienone is 2. The average molecular weight is 175 g/mol. The Labute approximate surface area is 56.8 Å². The largest absolute Gasteiger partial charge is 0.388 e. The molecule has 0 aliphatic heterocycles. The fourth-order valence-electron chi connectivity index (χ4n) is 0.568. The van der Waals surface area contributed by atoms with E-state index in [4.69, 9.17) is 5.11 Å². The molecule has 44 valence electrons. The molecule has 1 nitrogen and oxygen atoms in total. The van der Waals surface area contributed by atoms with Crippen LogP contribution in [0.4, 0.5) is 0 Å². The summed E-state index contributed by atoms with van der Waals surface area (Å²) in [6.07, 6.45) is 7.05. The van der Waals surface area contributed by atoms with Crippen molar-refractivity contribution in [2.45, 2.75) is 10.9 Å². The molecule has 2 heteroatoms. The minimum absolute atomic E-state index is 0.104. The van der Waals surface area contributed by atoms with Gasteiger partial charge >= 0.3 is 0 Å². The lowest BCUT2D eigenvalue weighted by Crippen LogP contribution is -2.16. The molecule has 0 spiro atoms. The van der Waals surface area contributed by atoms with Gasteiger partial charge in [0.25, 0.3) is 0 Å². The summed E-state index contributed by atoms with van der Waals surface area (Å²) in [5.41, 5.74) is 0. The zero-order chi connectivity index (χ0) is 5.98. The summed E-state index contributed by atoms with van der Waals surface area (Å²) >= 11 is 3.27. The van der Waals surface area contributed by atoms with E-state index < -0.39 is 0 Å². The lowest BCUT2D eigenvalue weighted by atomic mass is 10.1. The molecule has 0 saturated heterocycles. The van der Waals surface area contributed by atoms with Crippen LogP contribution in [0.25, 0.3) is 0 Å². The van der Waals surface area contributed by atoms with E-state index in [1.165, 1.54) is 0 Å². The van der Waals surface area contributed by atoms with Crippen LogP contribution < -0.4 is 0 Å². The summed E-state index contributed by atoms with van der Waals surface area (Å²) in [7, 11) is 0. The van der Waals surface area contributed by atoms with Gasteiger partial charge in [0.1, 0.15) is 0 Å². The Morgan fingerprint density at radius 2 is 1.88 bits per heavy atom. The van der Waals surface area contributed by atoms with E-state index in [2.05, 4.69) is 15.9 Å². The third-order valence-corrected chi connectivity index (χ3v) is 1.89. The highest BCUT2D eigenvalue weighted by Gasteiger charge is 2.09. The van der Waals surface area contributed by atoms with E-state index in [1.54, 1.807) is 6.08 Å². The molecular weight excluding hydrogens is 168 g/mol. The third-order valence-electron chi connectivity index (χ3n) is 1.04. The standard InChI is InChI=1S/C6H7BrO/c7-5-3-1-2-4-6(5)8/h1-6,8H. The maximum atomic E-state index is 8.99. The summed E-state index contributed by atoms with van der Waals surface area (Å²) in [6, 6.07) is 0. The number of aliphatic hydroxyl groups is 1. The number of halogens is 1. The number of rotatable bonds is 0. The second-order valence-electron chi connectivity index (χ2n) is 1.70. The Bertz CT molecular complexity index is 112. The first-order chi connectivity index (χ1) is 3.80. The van der Waals surface area contributed by atoms with Crippen molar-refractivity contribution in [1.29, 1.82) is 0 Å². The van der Waals surface area contributed by atoms with Crippen molar-refractivity contribution in [3.05, 3.63) is 24.3 Å². The van der Waals surface area contributed by atoms with Gasteiger partial charge in [0, 0.05) is 0 Å². The highest BCUT2D eigenvalue weighted by atomic mass is 79.9. The van der Waals surface area contributed by atoms with Crippen LogP contribution in [-0.4, -0.2) is 16.0 Å². The van der Waals surface area contributed by atoms with Crippen molar-refractivity contribution < 1.29 is 5.11 Å². The molecular formula is C6H7BrO. The zero-order valence-corrected chi connectivity index (χ0v) is 5.88. The molecule has 1 rings (SSSR count). The van der Waals surface area contributed by atoms with E-state index in [-0.39, 0.29) is 10.9 Å². The topological polar surface area (TPSA) is 20.2 Å². The lowest BCUT2D eigenvalue weighted by molar-refractivity contribution is 0.232. The molecule has 2 unspecified atom stereocenters. The molecule has 0 heterocycles. The van der Waals surface area contributed by atoms with E-state index in [1.807, 2.05) is 18.2 Å². The van der Waals surface area contributed by atoms with Crippen LogP contribution in [0.5, 0.6) is 0 Å². The van der Waals surface area contributed by atoms with Gasteiger partial charge in [-0.2, -0.15) is 0 Å².